The van der Waals surface area contributed by atoms with E-state index in [0.717, 1.165) is 11.3 Å². The van der Waals surface area contributed by atoms with Crippen LogP contribution in [0.2, 0.25) is 5.02 Å². The summed E-state index contributed by atoms with van der Waals surface area (Å²) in [5.74, 6) is -0.474. The van der Waals surface area contributed by atoms with E-state index in [2.05, 4.69) is 20.7 Å². The number of ether oxygens (including phenoxy) is 2. The van der Waals surface area contributed by atoms with E-state index in [1.165, 1.54) is 24.6 Å². The Morgan fingerprint density at radius 1 is 1.43 bits per heavy atom. The normalized spacial score (nSPS) is 11.9. The summed E-state index contributed by atoms with van der Waals surface area (Å²) in [5, 5.41) is 0.332. The van der Waals surface area contributed by atoms with Crippen molar-refractivity contribution in [3.05, 3.63) is 14.9 Å². The predicted molar refractivity (Wildman–Crippen MR) is 84.3 cm³/mol. The number of nitrogens with zero attached hydrogens (tertiary/aromatic N) is 1. The van der Waals surface area contributed by atoms with Crippen LogP contribution < -0.4 is 0 Å². The van der Waals surface area contributed by atoms with Gasteiger partial charge in [0.25, 0.3) is 10.0 Å². The molecule has 0 atom stereocenters. The van der Waals surface area contributed by atoms with Crippen molar-refractivity contribution >= 4 is 54.9 Å². The molecular weight excluding hydrogens is 406 g/mol. The van der Waals surface area contributed by atoms with Crippen molar-refractivity contribution in [3.63, 3.8) is 0 Å². The SMILES string of the molecule is COCCN(CCC(=O)OC)S(=O)(=O)c1cc(Cl)c(Br)s1. The first-order valence-corrected chi connectivity index (χ1v) is 9.26. The second kappa shape index (κ2) is 8.44. The number of carbonyl (C=O) groups excluding carboxylic acids is 1. The standard InChI is InChI=1S/C11H15BrClNO5S2/c1-18-6-5-14(4-3-9(15)19-2)21(16,17)10-7-8(13)11(12)20-10/h7H,3-6H2,1-2H3. The van der Waals surface area contributed by atoms with Crippen LogP contribution in [0.1, 0.15) is 6.42 Å². The Bertz CT molecular complexity index is 570. The molecule has 0 unspecified atom stereocenters. The predicted octanol–water partition coefficient (Wildman–Crippen LogP) is 2.36. The van der Waals surface area contributed by atoms with Crippen molar-refractivity contribution in [3.8, 4) is 0 Å². The van der Waals surface area contributed by atoms with Gasteiger partial charge in [0.15, 0.2) is 0 Å². The molecule has 21 heavy (non-hydrogen) atoms. The van der Waals surface area contributed by atoms with E-state index >= 15 is 0 Å². The summed E-state index contributed by atoms with van der Waals surface area (Å²) in [5.41, 5.74) is 0. The summed E-state index contributed by atoms with van der Waals surface area (Å²) in [6.45, 7) is 0.384. The highest BCUT2D eigenvalue weighted by Gasteiger charge is 2.27. The van der Waals surface area contributed by atoms with Crippen molar-refractivity contribution in [2.75, 3.05) is 33.9 Å². The molecule has 0 aliphatic heterocycles. The molecule has 0 bridgehead atoms. The lowest BCUT2D eigenvalue weighted by Gasteiger charge is -2.20. The summed E-state index contributed by atoms with van der Waals surface area (Å²) >= 11 is 10.1. The zero-order chi connectivity index (χ0) is 16.0. The molecule has 0 fully saturated rings. The largest absolute Gasteiger partial charge is 0.469 e. The molecule has 1 aromatic heterocycles. The maximum atomic E-state index is 12.6. The van der Waals surface area contributed by atoms with Crippen LogP contribution in [0.15, 0.2) is 14.1 Å². The van der Waals surface area contributed by atoms with Crippen LogP contribution >= 0.6 is 38.9 Å². The number of hydrogen-bond acceptors (Lipinski definition) is 6. The van der Waals surface area contributed by atoms with E-state index in [4.69, 9.17) is 16.3 Å². The smallest absolute Gasteiger partial charge is 0.306 e. The first-order chi connectivity index (χ1) is 9.82. The van der Waals surface area contributed by atoms with E-state index in [1.54, 1.807) is 0 Å². The summed E-state index contributed by atoms with van der Waals surface area (Å²) < 4.78 is 36.4. The first kappa shape index (κ1) is 18.9. The minimum atomic E-state index is -3.73. The number of thiophene rings is 1. The maximum Gasteiger partial charge on any atom is 0.306 e. The van der Waals surface area contributed by atoms with E-state index < -0.39 is 16.0 Å². The van der Waals surface area contributed by atoms with Crippen molar-refractivity contribution in [1.82, 2.24) is 4.31 Å². The molecule has 0 spiro atoms. The number of carbonyl (C=O) groups is 1. The van der Waals surface area contributed by atoms with E-state index in [-0.39, 0.29) is 30.3 Å². The Labute approximate surface area is 141 Å². The van der Waals surface area contributed by atoms with Gasteiger partial charge in [-0.25, -0.2) is 8.42 Å². The van der Waals surface area contributed by atoms with Crippen molar-refractivity contribution < 1.29 is 22.7 Å². The third-order valence-corrected chi connectivity index (χ3v) is 7.38. The second-order valence-electron chi connectivity index (χ2n) is 3.91. The Hall–Kier alpha value is -0.190. The quantitative estimate of drug-likeness (QED) is 0.604. The van der Waals surface area contributed by atoms with E-state index in [1.807, 2.05) is 0 Å². The maximum absolute atomic E-state index is 12.6. The average molecular weight is 421 g/mol. The van der Waals surface area contributed by atoms with Crippen LogP contribution in [0, 0.1) is 0 Å². The molecule has 0 aliphatic carbocycles. The Kier molecular flexibility index (Phi) is 7.58. The van der Waals surface area contributed by atoms with Gasteiger partial charge in [-0.15, -0.1) is 11.3 Å². The number of rotatable bonds is 8. The van der Waals surface area contributed by atoms with Gasteiger partial charge in [-0.3, -0.25) is 4.79 Å². The van der Waals surface area contributed by atoms with Crippen LogP contribution in [-0.4, -0.2) is 52.6 Å². The lowest BCUT2D eigenvalue weighted by atomic mass is 10.4. The highest BCUT2D eigenvalue weighted by molar-refractivity contribution is 9.11. The van der Waals surface area contributed by atoms with Gasteiger partial charge in [-0.05, 0) is 22.0 Å². The third kappa shape index (κ3) is 5.19. The molecular formula is C11H15BrClNO5S2. The molecule has 0 radical (unpaired) electrons. The molecule has 0 amide bonds. The van der Waals surface area contributed by atoms with Gasteiger partial charge >= 0.3 is 5.97 Å². The van der Waals surface area contributed by atoms with Crippen LogP contribution in [0.25, 0.3) is 0 Å². The molecule has 0 saturated heterocycles. The van der Waals surface area contributed by atoms with Crippen molar-refractivity contribution in [2.45, 2.75) is 10.6 Å². The summed E-state index contributed by atoms with van der Waals surface area (Å²) in [6.07, 6.45) is -0.0281. The molecule has 0 N–H and O–H groups in total. The van der Waals surface area contributed by atoms with E-state index in [0.29, 0.717) is 8.81 Å². The van der Waals surface area contributed by atoms with Crippen molar-refractivity contribution in [1.29, 1.82) is 0 Å². The van der Waals surface area contributed by atoms with Gasteiger partial charge < -0.3 is 9.47 Å². The molecule has 1 rings (SSSR count). The third-order valence-electron chi connectivity index (χ3n) is 2.55. The molecule has 10 heteroatoms. The lowest BCUT2D eigenvalue weighted by molar-refractivity contribution is -0.140. The number of sulfonamides is 1. The summed E-state index contributed by atoms with van der Waals surface area (Å²) in [7, 11) is -0.997. The fourth-order valence-corrected chi connectivity index (χ4v) is 5.42. The number of methoxy groups -OCH3 is 2. The lowest BCUT2D eigenvalue weighted by Crippen LogP contribution is -2.35. The molecule has 6 nitrogen and oxygen atoms in total. The average Bonchev–Trinajstić information content (AvgIpc) is 2.78. The first-order valence-electron chi connectivity index (χ1n) is 5.83. The Balaban J connectivity index is 2.96. The van der Waals surface area contributed by atoms with Gasteiger partial charge in [0, 0.05) is 20.2 Å². The zero-order valence-electron chi connectivity index (χ0n) is 11.5. The van der Waals surface area contributed by atoms with Crippen molar-refractivity contribution in [2.24, 2.45) is 0 Å². The summed E-state index contributed by atoms with van der Waals surface area (Å²) in [4.78, 5) is 11.2. The molecule has 0 aromatic carbocycles. The monoisotopic (exact) mass is 419 g/mol. The number of hydrogen-bond donors (Lipinski definition) is 0. The van der Waals surface area contributed by atoms with E-state index in [9.17, 15) is 13.2 Å². The van der Waals surface area contributed by atoms with Gasteiger partial charge in [0.05, 0.1) is 28.9 Å². The highest BCUT2D eigenvalue weighted by atomic mass is 79.9. The minimum absolute atomic E-state index is 0.0193. The molecule has 120 valence electrons. The Morgan fingerprint density at radius 3 is 2.57 bits per heavy atom. The molecule has 0 saturated carbocycles. The van der Waals surface area contributed by atoms with Crippen LogP contribution in [0.5, 0.6) is 0 Å². The fourth-order valence-electron chi connectivity index (χ4n) is 1.44. The Morgan fingerprint density at radius 2 is 2.10 bits per heavy atom. The zero-order valence-corrected chi connectivity index (χ0v) is 15.4. The van der Waals surface area contributed by atoms with Crippen LogP contribution in [0.4, 0.5) is 0 Å². The number of halogens is 2. The molecule has 0 aliphatic rings. The van der Waals surface area contributed by atoms with Gasteiger partial charge in [-0.2, -0.15) is 4.31 Å². The fraction of sp³-hybridized carbons (Fsp3) is 0.545. The topological polar surface area (TPSA) is 72.9 Å². The second-order valence-corrected chi connectivity index (χ2v) is 8.85. The summed E-state index contributed by atoms with van der Waals surface area (Å²) in [6, 6.07) is 1.38. The van der Waals surface area contributed by atoms with Gasteiger partial charge in [-0.1, -0.05) is 11.6 Å². The van der Waals surface area contributed by atoms with Crippen LogP contribution in [-0.2, 0) is 24.3 Å². The van der Waals surface area contributed by atoms with Gasteiger partial charge in [0.1, 0.15) is 4.21 Å². The van der Waals surface area contributed by atoms with Crippen LogP contribution in [0.3, 0.4) is 0 Å². The molecule has 1 heterocycles. The van der Waals surface area contributed by atoms with Gasteiger partial charge in [0.2, 0.25) is 0 Å². The minimum Gasteiger partial charge on any atom is -0.469 e. The molecule has 1 aromatic rings. The number of esters is 1. The highest BCUT2D eigenvalue weighted by Crippen LogP contribution is 2.35.